The van der Waals surface area contributed by atoms with Gasteiger partial charge in [0.05, 0.1) is 6.54 Å². The molecule has 1 saturated carbocycles. The van der Waals surface area contributed by atoms with E-state index in [0.717, 1.165) is 41.7 Å². The molecule has 1 aliphatic carbocycles. The number of benzene rings is 1. The van der Waals surface area contributed by atoms with Crippen LogP contribution in [-0.4, -0.2) is 33.7 Å². The van der Waals surface area contributed by atoms with E-state index in [1.54, 1.807) is 0 Å². The fourth-order valence-electron chi connectivity index (χ4n) is 3.14. The number of rotatable bonds is 3. The molecule has 2 fully saturated rings. The first-order valence-corrected chi connectivity index (χ1v) is 7.32. The summed E-state index contributed by atoms with van der Waals surface area (Å²) in [5.41, 5.74) is 1.92. The molecule has 5 nitrogen and oxygen atoms in total. The van der Waals surface area contributed by atoms with Gasteiger partial charge in [-0.05, 0) is 25.3 Å². The third-order valence-corrected chi connectivity index (χ3v) is 4.20. The molecule has 0 unspecified atom stereocenters. The van der Waals surface area contributed by atoms with Crippen LogP contribution in [0.15, 0.2) is 24.3 Å². The van der Waals surface area contributed by atoms with Crippen LogP contribution in [0.5, 0.6) is 0 Å². The van der Waals surface area contributed by atoms with Crippen molar-refractivity contribution in [1.82, 2.24) is 9.80 Å². The van der Waals surface area contributed by atoms with Crippen LogP contribution in [0.25, 0.3) is 0 Å². The Morgan fingerprint density at radius 1 is 1.10 bits per heavy atom. The molecule has 110 valence electrons. The molecule has 5 heteroatoms. The maximum Gasteiger partial charge on any atom is 0.334 e. The number of nitrogens with zero attached hydrogens (tertiary/aromatic N) is 2. The van der Waals surface area contributed by atoms with Crippen LogP contribution >= 0.6 is 0 Å². The number of hydrogen-bond donors (Lipinski definition) is 0. The minimum Gasteiger partial charge on any atom is -0.263 e. The first kappa shape index (κ1) is 13.8. The van der Waals surface area contributed by atoms with Gasteiger partial charge in [-0.1, -0.05) is 42.7 Å². The molecule has 1 aromatic rings. The van der Waals surface area contributed by atoms with E-state index >= 15 is 0 Å². The summed E-state index contributed by atoms with van der Waals surface area (Å²) in [6.45, 7) is 2.11. The van der Waals surface area contributed by atoms with Gasteiger partial charge in [0.25, 0.3) is 0 Å². The molecule has 1 heterocycles. The van der Waals surface area contributed by atoms with Crippen molar-refractivity contribution in [2.24, 2.45) is 0 Å². The first-order valence-electron chi connectivity index (χ1n) is 7.32. The van der Waals surface area contributed by atoms with Gasteiger partial charge in [0, 0.05) is 6.04 Å². The maximum atomic E-state index is 12.4. The Bertz CT molecular complexity index is 605. The fourth-order valence-corrected chi connectivity index (χ4v) is 3.14. The van der Waals surface area contributed by atoms with Crippen LogP contribution < -0.4 is 0 Å². The van der Waals surface area contributed by atoms with Crippen LogP contribution in [0.4, 0.5) is 4.79 Å². The lowest BCUT2D eigenvalue weighted by molar-refractivity contribution is -0.144. The van der Waals surface area contributed by atoms with Gasteiger partial charge in [0.15, 0.2) is 0 Å². The smallest absolute Gasteiger partial charge is 0.263 e. The molecule has 3 rings (SSSR count). The number of hydrogen-bond acceptors (Lipinski definition) is 3. The molecular formula is C16H18N2O3. The zero-order valence-corrected chi connectivity index (χ0v) is 12.0. The lowest BCUT2D eigenvalue weighted by Gasteiger charge is -2.21. The highest BCUT2D eigenvalue weighted by molar-refractivity contribution is 6.44. The van der Waals surface area contributed by atoms with Gasteiger partial charge in [-0.3, -0.25) is 19.4 Å². The van der Waals surface area contributed by atoms with Crippen LogP contribution in [0, 0.1) is 6.92 Å². The van der Waals surface area contributed by atoms with Crippen molar-refractivity contribution in [3.63, 3.8) is 0 Å². The molecule has 0 bridgehead atoms. The fraction of sp³-hybridized carbons (Fsp3) is 0.438. The molecule has 4 amide bonds. The molecule has 2 aliphatic rings. The highest BCUT2D eigenvalue weighted by Gasteiger charge is 2.47. The second-order valence-electron chi connectivity index (χ2n) is 5.78. The Hall–Kier alpha value is -2.17. The summed E-state index contributed by atoms with van der Waals surface area (Å²) in [5.74, 6) is -1.37. The molecule has 0 aromatic heterocycles. The Morgan fingerprint density at radius 3 is 2.48 bits per heavy atom. The molecule has 1 aromatic carbocycles. The minimum absolute atomic E-state index is 0.101. The van der Waals surface area contributed by atoms with Crippen molar-refractivity contribution < 1.29 is 14.4 Å². The molecule has 0 radical (unpaired) electrons. The second-order valence-corrected chi connectivity index (χ2v) is 5.78. The minimum atomic E-state index is -0.701. The van der Waals surface area contributed by atoms with Gasteiger partial charge in [0.2, 0.25) is 0 Å². The van der Waals surface area contributed by atoms with E-state index in [4.69, 9.17) is 0 Å². The largest absolute Gasteiger partial charge is 0.334 e. The van der Waals surface area contributed by atoms with E-state index in [1.807, 2.05) is 31.2 Å². The lowest BCUT2D eigenvalue weighted by atomic mass is 10.1. The Balaban J connectivity index is 1.81. The van der Waals surface area contributed by atoms with Crippen molar-refractivity contribution in [3.8, 4) is 0 Å². The Morgan fingerprint density at radius 2 is 1.81 bits per heavy atom. The topological polar surface area (TPSA) is 57.7 Å². The standard InChI is InChI=1S/C16H18N2O3/c1-11-5-4-6-12(9-11)10-17-14(19)15(20)18(16(17)21)13-7-2-3-8-13/h4-6,9,13H,2-3,7-8,10H2,1H3. The van der Waals surface area contributed by atoms with Gasteiger partial charge in [-0.15, -0.1) is 0 Å². The SMILES string of the molecule is Cc1cccc(CN2C(=O)C(=O)N(C3CCCC3)C2=O)c1. The highest BCUT2D eigenvalue weighted by atomic mass is 16.2. The number of carbonyl (C=O) groups is 3. The van der Waals surface area contributed by atoms with Crippen molar-refractivity contribution in [3.05, 3.63) is 35.4 Å². The van der Waals surface area contributed by atoms with Crippen molar-refractivity contribution in [2.45, 2.75) is 45.2 Å². The number of imide groups is 2. The van der Waals surface area contributed by atoms with Crippen molar-refractivity contribution >= 4 is 17.8 Å². The molecule has 0 N–H and O–H groups in total. The van der Waals surface area contributed by atoms with E-state index in [9.17, 15) is 14.4 Å². The summed E-state index contributed by atoms with van der Waals surface area (Å²) in [6.07, 6.45) is 3.63. The third kappa shape index (κ3) is 2.44. The second kappa shape index (κ2) is 5.31. The molecule has 1 aliphatic heterocycles. The third-order valence-electron chi connectivity index (χ3n) is 4.20. The quantitative estimate of drug-likeness (QED) is 0.632. The number of carbonyl (C=O) groups excluding carboxylic acids is 3. The highest BCUT2D eigenvalue weighted by Crippen LogP contribution is 2.28. The molecule has 1 saturated heterocycles. The van der Waals surface area contributed by atoms with E-state index in [2.05, 4.69) is 0 Å². The average molecular weight is 286 g/mol. The van der Waals surface area contributed by atoms with Gasteiger partial charge in [-0.25, -0.2) is 4.79 Å². The monoisotopic (exact) mass is 286 g/mol. The van der Waals surface area contributed by atoms with E-state index in [-0.39, 0.29) is 12.6 Å². The normalized spacial score (nSPS) is 20.0. The Labute approximate surface area is 123 Å². The Kier molecular flexibility index (Phi) is 3.49. The van der Waals surface area contributed by atoms with Gasteiger partial charge < -0.3 is 0 Å². The van der Waals surface area contributed by atoms with Crippen LogP contribution in [0.3, 0.4) is 0 Å². The number of aryl methyl sites for hydroxylation is 1. The summed E-state index contributed by atoms with van der Waals surface area (Å²) in [6, 6.07) is 7.05. The summed E-state index contributed by atoms with van der Waals surface area (Å²) in [4.78, 5) is 38.8. The summed E-state index contributed by atoms with van der Waals surface area (Å²) >= 11 is 0. The van der Waals surface area contributed by atoms with Gasteiger partial charge >= 0.3 is 17.8 Å². The van der Waals surface area contributed by atoms with E-state index < -0.39 is 17.8 Å². The molecular weight excluding hydrogens is 268 g/mol. The van der Waals surface area contributed by atoms with Gasteiger partial charge in [0.1, 0.15) is 0 Å². The predicted molar refractivity (Wildman–Crippen MR) is 76.2 cm³/mol. The molecule has 0 atom stereocenters. The van der Waals surface area contributed by atoms with Gasteiger partial charge in [-0.2, -0.15) is 0 Å². The summed E-state index contributed by atoms with van der Waals surface area (Å²) < 4.78 is 0. The molecule has 21 heavy (non-hydrogen) atoms. The van der Waals surface area contributed by atoms with Crippen LogP contribution in [0.1, 0.15) is 36.8 Å². The summed E-state index contributed by atoms with van der Waals surface area (Å²) in [7, 11) is 0. The first-order chi connectivity index (χ1) is 10.1. The zero-order chi connectivity index (χ0) is 15.0. The number of urea groups is 1. The zero-order valence-electron chi connectivity index (χ0n) is 12.0. The van der Waals surface area contributed by atoms with Crippen LogP contribution in [-0.2, 0) is 16.1 Å². The van der Waals surface area contributed by atoms with E-state index in [0.29, 0.717) is 0 Å². The number of amides is 4. The van der Waals surface area contributed by atoms with Crippen molar-refractivity contribution in [2.75, 3.05) is 0 Å². The maximum absolute atomic E-state index is 12.4. The molecule has 0 spiro atoms. The average Bonchev–Trinajstić information content (AvgIpc) is 3.03. The van der Waals surface area contributed by atoms with Crippen LogP contribution in [0.2, 0.25) is 0 Å². The van der Waals surface area contributed by atoms with E-state index in [1.165, 1.54) is 4.90 Å². The van der Waals surface area contributed by atoms with Crippen molar-refractivity contribution in [1.29, 1.82) is 0 Å². The lowest BCUT2D eigenvalue weighted by Crippen LogP contribution is -2.39. The summed E-state index contributed by atoms with van der Waals surface area (Å²) in [5, 5.41) is 0. The predicted octanol–water partition coefficient (Wildman–Crippen LogP) is 2.23.